The molecule has 0 radical (unpaired) electrons. The summed E-state index contributed by atoms with van der Waals surface area (Å²) in [6.45, 7) is 3.89. The number of sulfonamides is 1. The van der Waals surface area contributed by atoms with Gasteiger partial charge in [-0.15, -0.1) is 0 Å². The fourth-order valence-corrected chi connectivity index (χ4v) is 5.02. The predicted octanol–water partition coefficient (Wildman–Crippen LogP) is 2.12. The Morgan fingerprint density at radius 2 is 1.96 bits per heavy atom. The van der Waals surface area contributed by atoms with Crippen LogP contribution in [0.25, 0.3) is 0 Å². The van der Waals surface area contributed by atoms with E-state index in [1.54, 1.807) is 4.31 Å². The maximum absolute atomic E-state index is 13.1. The zero-order valence-corrected chi connectivity index (χ0v) is 15.2. The molecular formula is C15H23ClN2O4S. The zero-order chi connectivity index (χ0) is 17.0. The Hall–Kier alpha value is -1.02. The fourth-order valence-electron chi connectivity index (χ4n) is 2.76. The molecule has 0 aromatic heterocycles. The SMILES string of the molecule is CCCN(C1CCNC1)S(=O)(=O)c1cc(OC)c(OC)cc1Cl. The molecule has 1 heterocycles. The number of methoxy groups -OCH3 is 2. The molecule has 1 aromatic carbocycles. The molecule has 6 nitrogen and oxygen atoms in total. The van der Waals surface area contributed by atoms with E-state index in [-0.39, 0.29) is 16.0 Å². The fraction of sp³-hybridized carbons (Fsp3) is 0.600. The summed E-state index contributed by atoms with van der Waals surface area (Å²) in [4.78, 5) is 0.0529. The van der Waals surface area contributed by atoms with E-state index in [9.17, 15) is 8.42 Å². The number of ether oxygens (including phenoxy) is 2. The molecule has 130 valence electrons. The largest absolute Gasteiger partial charge is 0.493 e. The van der Waals surface area contributed by atoms with Crippen LogP contribution in [0.15, 0.2) is 17.0 Å². The summed E-state index contributed by atoms with van der Waals surface area (Å²) in [5.74, 6) is 0.748. The van der Waals surface area contributed by atoms with Crippen molar-refractivity contribution in [3.63, 3.8) is 0 Å². The minimum Gasteiger partial charge on any atom is -0.493 e. The van der Waals surface area contributed by atoms with Gasteiger partial charge in [-0.25, -0.2) is 8.42 Å². The number of hydrogen-bond donors (Lipinski definition) is 1. The summed E-state index contributed by atoms with van der Waals surface area (Å²) >= 11 is 6.22. The van der Waals surface area contributed by atoms with Crippen molar-refractivity contribution in [3.05, 3.63) is 17.2 Å². The van der Waals surface area contributed by atoms with Gasteiger partial charge in [0, 0.05) is 31.3 Å². The van der Waals surface area contributed by atoms with Crippen LogP contribution in [0.1, 0.15) is 19.8 Å². The van der Waals surface area contributed by atoms with E-state index in [1.807, 2.05) is 6.92 Å². The van der Waals surface area contributed by atoms with Crippen molar-refractivity contribution in [1.29, 1.82) is 0 Å². The van der Waals surface area contributed by atoms with Crippen molar-refractivity contribution >= 4 is 21.6 Å². The number of halogens is 1. The summed E-state index contributed by atoms with van der Waals surface area (Å²) in [6.07, 6.45) is 1.53. The topological polar surface area (TPSA) is 67.9 Å². The van der Waals surface area contributed by atoms with E-state index < -0.39 is 10.0 Å². The van der Waals surface area contributed by atoms with Crippen LogP contribution in [0, 0.1) is 0 Å². The number of nitrogens with zero attached hydrogens (tertiary/aromatic N) is 1. The number of hydrogen-bond acceptors (Lipinski definition) is 5. The molecule has 23 heavy (non-hydrogen) atoms. The van der Waals surface area contributed by atoms with Crippen LogP contribution in [0.2, 0.25) is 5.02 Å². The van der Waals surface area contributed by atoms with E-state index in [0.717, 1.165) is 19.4 Å². The highest BCUT2D eigenvalue weighted by molar-refractivity contribution is 7.89. The van der Waals surface area contributed by atoms with E-state index in [2.05, 4.69) is 5.32 Å². The lowest BCUT2D eigenvalue weighted by atomic mass is 10.2. The second-order valence-electron chi connectivity index (χ2n) is 5.40. The van der Waals surface area contributed by atoms with Crippen molar-refractivity contribution < 1.29 is 17.9 Å². The lowest BCUT2D eigenvalue weighted by Gasteiger charge is -2.28. The van der Waals surface area contributed by atoms with Gasteiger partial charge >= 0.3 is 0 Å². The molecule has 2 rings (SSSR count). The third-order valence-electron chi connectivity index (χ3n) is 3.91. The van der Waals surface area contributed by atoms with Crippen molar-refractivity contribution in [2.24, 2.45) is 0 Å². The highest BCUT2D eigenvalue weighted by Crippen LogP contribution is 2.37. The lowest BCUT2D eigenvalue weighted by Crippen LogP contribution is -2.42. The van der Waals surface area contributed by atoms with Crippen molar-refractivity contribution in [2.75, 3.05) is 33.9 Å². The molecule has 8 heteroatoms. The first kappa shape index (κ1) is 18.3. The Morgan fingerprint density at radius 3 is 2.48 bits per heavy atom. The molecule has 1 unspecified atom stereocenters. The average molecular weight is 363 g/mol. The van der Waals surface area contributed by atoms with Gasteiger partial charge in [0.1, 0.15) is 4.90 Å². The van der Waals surface area contributed by atoms with E-state index >= 15 is 0 Å². The second kappa shape index (κ2) is 7.70. The molecule has 0 aliphatic carbocycles. The lowest BCUT2D eigenvalue weighted by molar-refractivity contribution is 0.333. The van der Waals surface area contributed by atoms with Crippen LogP contribution >= 0.6 is 11.6 Å². The normalized spacial score (nSPS) is 18.4. The van der Waals surface area contributed by atoms with Crippen LogP contribution in [-0.4, -0.2) is 52.6 Å². The second-order valence-corrected chi connectivity index (χ2v) is 7.67. The van der Waals surface area contributed by atoms with E-state index in [4.69, 9.17) is 21.1 Å². The number of benzene rings is 1. The van der Waals surface area contributed by atoms with Gasteiger partial charge in [0.05, 0.1) is 19.2 Å². The highest BCUT2D eigenvalue weighted by atomic mass is 35.5. The number of rotatable bonds is 7. The third-order valence-corrected chi connectivity index (χ3v) is 6.33. The molecule has 1 saturated heterocycles. The van der Waals surface area contributed by atoms with Gasteiger partial charge in [-0.2, -0.15) is 4.31 Å². The van der Waals surface area contributed by atoms with E-state index in [0.29, 0.717) is 24.6 Å². The minimum atomic E-state index is -3.71. The maximum Gasteiger partial charge on any atom is 0.244 e. The van der Waals surface area contributed by atoms with Crippen LogP contribution in [0.5, 0.6) is 11.5 Å². The van der Waals surface area contributed by atoms with Gasteiger partial charge < -0.3 is 14.8 Å². The van der Waals surface area contributed by atoms with Gasteiger partial charge in [-0.1, -0.05) is 18.5 Å². The zero-order valence-electron chi connectivity index (χ0n) is 13.6. The molecule has 0 amide bonds. The first-order chi connectivity index (χ1) is 11.0. The quantitative estimate of drug-likeness (QED) is 0.804. The van der Waals surface area contributed by atoms with Crippen LogP contribution in [0.4, 0.5) is 0 Å². The Morgan fingerprint density at radius 1 is 1.30 bits per heavy atom. The summed E-state index contributed by atoms with van der Waals surface area (Å²) in [5.41, 5.74) is 0. The summed E-state index contributed by atoms with van der Waals surface area (Å²) in [6, 6.07) is 2.86. The highest BCUT2D eigenvalue weighted by Gasteiger charge is 2.34. The molecule has 1 aromatic rings. The first-order valence-electron chi connectivity index (χ1n) is 7.59. The Bertz CT molecular complexity index is 645. The molecule has 0 spiro atoms. The smallest absolute Gasteiger partial charge is 0.244 e. The monoisotopic (exact) mass is 362 g/mol. The van der Waals surface area contributed by atoms with Gasteiger partial charge in [0.25, 0.3) is 0 Å². The average Bonchev–Trinajstić information content (AvgIpc) is 3.05. The van der Waals surface area contributed by atoms with Crippen molar-refractivity contribution in [1.82, 2.24) is 9.62 Å². The van der Waals surface area contributed by atoms with Crippen LogP contribution < -0.4 is 14.8 Å². The Kier molecular flexibility index (Phi) is 6.13. The molecule has 1 aliphatic heterocycles. The van der Waals surface area contributed by atoms with Gasteiger partial charge in [-0.3, -0.25) is 0 Å². The van der Waals surface area contributed by atoms with Gasteiger partial charge in [0.15, 0.2) is 11.5 Å². The minimum absolute atomic E-state index is 0.0517. The molecule has 1 N–H and O–H groups in total. The van der Waals surface area contributed by atoms with Crippen molar-refractivity contribution in [2.45, 2.75) is 30.7 Å². The van der Waals surface area contributed by atoms with Gasteiger partial charge in [0.2, 0.25) is 10.0 Å². The summed E-state index contributed by atoms with van der Waals surface area (Å²) < 4.78 is 38.2. The van der Waals surface area contributed by atoms with Crippen LogP contribution in [-0.2, 0) is 10.0 Å². The van der Waals surface area contributed by atoms with E-state index in [1.165, 1.54) is 26.4 Å². The molecule has 0 bridgehead atoms. The molecule has 1 atom stereocenters. The summed E-state index contributed by atoms with van der Waals surface area (Å²) in [7, 11) is -0.762. The van der Waals surface area contributed by atoms with Crippen LogP contribution in [0.3, 0.4) is 0 Å². The maximum atomic E-state index is 13.1. The number of nitrogens with one attached hydrogen (secondary N) is 1. The van der Waals surface area contributed by atoms with Gasteiger partial charge in [-0.05, 0) is 19.4 Å². The molecular weight excluding hydrogens is 340 g/mol. The first-order valence-corrected chi connectivity index (χ1v) is 9.41. The molecule has 1 fully saturated rings. The standard InChI is InChI=1S/C15H23ClN2O4S/c1-4-7-18(11-5-6-17-10-11)23(19,20)15-9-14(22-3)13(21-2)8-12(15)16/h8-9,11,17H,4-7,10H2,1-3H3. The molecule has 1 aliphatic rings. The Balaban J connectivity index is 2.48. The predicted molar refractivity (Wildman–Crippen MR) is 90.0 cm³/mol. The Labute approximate surface area is 142 Å². The molecule has 0 saturated carbocycles. The summed E-state index contributed by atoms with van der Waals surface area (Å²) in [5, 5.41) is 3.34. The van der Waals surface area contributed by atoms with Crippen molar-refractivity contribution in [3.8, 4) is 11.5 Å². The third kappa shape index (κ3) is 3.74.